The van der Waals surface area contributed by atoms with E-state index in [9.17, 15) is 13.2 Å². The van der Waals surface area contributed by atoms with Crippen molar-refractivity contribution in [1.29, 1.82) is 0 Å². The lowest BCUT2D eigenvalue weighted by Gasteiger charge is -2.35. The summed E-state index contributed by atoms with van der Waals surface area (Å²) in [5, 5.41) is 2.86. The predicted molar refractivity (Wildman–Crippen MR) is 125 cm³/mol. The van der Waals surface area contributed by atoms with Gasteiger partial charge < -0.3 is 19.9 Å². The summed E-state index contributed by atoms with van der Waals surface area (Å²) >= 11 is 0. The second-order valence-electron chi connectivity index (χ2n) is 8.09. The number of hydrogen-bond donors (Lipinski definition) is 1. The number of carbonyl (C=O) groups excluding carboxylic acids is 1. The van der Waals surface area contributed by atoms with Crippen molar-refractivity contribution in [3.05, 3.63) is 48.5 Å². The Morgan fingerprint density at radius 1 is 0.844 bits per heavy atom. The lowest BCUT2D eigenvalue weighted by molar-refractivity contribution is 0.200. The average Bonchev–Trinajstić information content (AvgIpc) is 2.85. The van der Waals surface area contributed by atoms with Crippen molar-refractivity contribution in [2.75, 3.05) is 56.6 Å². The van der Waals surface area contributed by atoms with Gasteiger partial charge in [-0.15, -0.1) is 0 Å². The Hall–Kier alpha value is -2.78. The van der Waals surface area contributed by atoms with Crippen LogP contribution in [-0.2, 0) is 10.0 Å². The number of anilines is 2. The molecular formula is C23H30N4O4S. The Labute approximate surface area is 189 Å². The summed E-state index contributed by atoms with van der Waals surface area (Å²) in [5.74, 6) is 0.797. The normalized spacial score (nSPS) is 17.8. The minimum Gasteiger partial charge on any atom is -0.497 e. The fraction of sp³-hybridized carbons (Fsp3) is 0.435. The molecular weight excluding hydrogens is 428 g/mol. The van der Waals surface area contributed by atoms with Gasteiger partial charge in [-0.2, -0.15) is 4.31 Å². The third-order valence-electron chi connectivity index (χ3n) is 6.06. The fourth-order valence-electron chi connectivity index (χ4n) is 4.14. The number of carbonyl (C=O) groups is 1. The van der Waals surface area contributed by atoms with E-state index in [4.69, 9.17) is 4.74 Å². The maximum atomic E-state index is 13.1. The molecule has 172 valence electrons. The van der Waals surface area contributed by atoms with E-state index in [1.54, 1.807) is 36.3 Å². The van der Waals surface area contributed by atoms with Gasteiger partial charge in [-0.3, -0.25) is 0 Å². The summed E-state index contributed by atoms with van der Waals surface area (Å²) < 4.78 is 32.9. The van der Waals surface area contributed by atoms with E-state index in [-0.39, 0.29) is 10.9 Å². The van der Waals surface area contributed by atoms with Gasteiger partial charge in [0.15, 0.2) is 0 Å². The largest absolute Gasteiger partial charge is 0.497 e. The van der Waals surface area contributed by atoms with Crippen LogP contribution in [0.5, 0.6) is 5.75 Å². The molecule has 0 aromatic heterocycles. The number of benzene rings is 2. The summed E-state index contributed by atoms with van der Waals surface area (Å²) in [4.78, 5) is 16.6. The van der Waals surface area contributed by atoms with Crippen molar-refractivity contribution in [2.45, 2.75) is 24.2 Å². The Morgan fingerprint density at radius 2 is 1.47 bits per heavy atom. The third kappa shape index (κ3) is 4.99. The zero-order valence-corrected chi connectivity index (χ0v) is 19.2. The van der Waals surface area contributed by atoms with Gasteiger partial charge in [0.05, 0.1) is 12.0 Å². The molecule has 0 saturated carbocycles. The van der Waals surface area contributed by atoms with E-state index in [2.05, 4.69) is 10.2 Å². The molecule has 0 atom stereocenters. The number of piperidine rings is 1. The molecule has 32 heavy (non-hydrogen) atoms. The van der Waals surface area contributed by atoms with Crippen LogP contribution >= 0.6 is 0 Å². The molecule has 0 aliphatic carbocycles. The van der Waals surface area contributed by atoms with Gasteiger partial charge in [-0.1, -0.05) is 0 Å². The van der Waals surface area contributed by atoms with Crippen LogP contribution < -0.4 is 15.0 Å². The van der Waals surface area contributed by atoms with Gasteiger partial charge in [0.2, 0.25) is 10.0 Å². The Kier molecular flexibility index (Phi) is 6.86. The number of likely N-dealkylation sites (tertiary alicyclic amines) is 1. The molecule has 8 nitrogen and oxygen atoms in total. The molecule has 4 rings (SSSR count). The van der Waals surface area contributed by atoms with Crippen molar-refractivity contribution < 1.29 is 17.9 Å². The van der Waals surface area contributed by atoms with Gasteiger partial charge in [0.25, 0.3) is 0 Å². The first-order chi connectivity index (χ1) is 15.5. The molecule has 0 spiro atoms. The van der Waals surface area contributed by atoms with Crippen molar-refractivity contribution in [1.82, 2.24) is 9.21 Å². The molecule has 2 saturated heterocycles. The molecule has 0 bridgehead atoms. The van der Waals surface area contributed by atoms with Crippen molar-refractivity contribution in [2.24, 2.45) is 0 Å². The minimum atomic E-state index is -3.58. The third-order valence-corrected chi connectivity index (χ3v) is 7.98. The van der Waals surface area contributed by atoms with Crippen molar-refractivity contribution >= 4 is 27.4 Å². The van der Waals surface area contributed by atoms with Crippen LogP contribution in [0, 0.1) is 0 Å². The van der Waals surface area contributed by atoms with Crippen LogP contribution in [-0.4, -0.2) is 70.0 Å². The molecule has 2 aromatic rings. The number of methoxy groups -OCH3 is 1. The summed E-state index contributed by atoms with van der Waals surface area (Å²) in [6, 6.07) is 14.1. The molecule has 1 N–H and O–H groups in total. The Balaban J connectivity index is 1.35. The maximum Gasteiger partial charge on any atom is 0.321 e. The van der Waals surface area contributed by atoms with Crippen LogP contribution in [0.15, 0.2) is 53.4 Å². The van der Waals surface area contributed by atoms with Crippen LogP contribution in [0.3, 0.4) is 0 Å². The van der Waals surface area contributed by atoms with Gasteiger partial charge in [0.1, 0.15) is 5.75 Å². The standard InChI is InChI=1S/C23H30N4O4S/c1-31-21-9-7-20(8-10-21)25-15-17-27(18-16-25)32(29,30)22-11-5-19(6-12-22)24-23(28)26-13-3-2-4-14-26/h5-12H,2-4,13-18H2,1H3,(H,24,28). The second kappa shape index (κ2) is 9.79. The molecule has 2 fully saturated rings. The molecule has 0 unspecified atom stereocenters. The Bertz CT molecular complexity index is 1010. The number of hydrogen-bond acceptors (Lipinski definition) is 5. The van der Waals surface area contributed by atoms with E-state index >= 15 is 0 Å². The molecule has 2 heterocycles. The van der Waals surface area contributed by atoms with Gasteiger partial charge >= 0.3 is 6.03 Å². The highest BCUT2D eigenvalue weighted by Gasteiger charge is 2.28. The average molecular weight is 459 g/mol. The smallest absolute Gasteiger partial charge is 0.321 e. The second-order valence-corrected chi connectivity index (χ2v) is 10.0. The number of nitrogens with zero attached hydrogens (tertiary/aromatic N) is 3. The summed E-state index contributed by atoms with van der Waals surface area (Å²) in [6.45, 7) is 3.61. The zero-order valence-electron chi connectivity index (χ0n) is 18.4. The molecule has 9 heteroatoms. The van der Waals surface area contributed by atoms with E-state index in [1.807, 2.05) is 24.3 Å². The van der Waals surface area contributed by atoms with Crippen LogP contribution in [0.4, 0.5) is 16.2 Å². The monoisotopic (exact) mass is 458 g/mol. The predicted octanol–water partition coefficient (Wildman–Crippen LogP) is 3.22. The van der Waals surface area contributed by atoms with E-state index < -0.39 is 10.0 Å². The van der Waals surface area contributed by atoms with Crippen LogP contribution in [0.25, 0.3) is 0 Å². The summed E-state index contributed by atoms with van der Waals surface area (Å²) in [5.41, 5.74) is 1.65. The molecule has 0 radical (unpaired) electrons. The molecule has 2 aliphatic heterocycles. The number of urea groups is 1. The number of sulfonamides is 1. The number of ether oxygens (including phenoxy) is 1. The quantitative estimate of drug-likeness (QED) is 0.744. The molecule has 2 aliphatic rings. The van der Waals surface area contributed by atoms with Gasteiger partial charge in [0, 0.05) is 50.6 Å². The number of amides is 2. The van der Waals surface area contributed by atoms with E-state index in [0.29, 0.717) is 31.9 Å². The van der Waals surface area contributed by atoms with E-state index in [1.165, 1.54) is 4.31 Å². The van der Waals surface area contributed by atoms with Gasteiger partial charge in [-0.25, -0.2) is 13.2 Å². The lowest BCUT2D eigenvalue weighted by atomic mass is 10.1. The molecule has 2 aromatic carbocycles. The minimum absolute atomic E-state index is 0.130. The summed E-state index contributed by atoms with van der Waals surface area (Å²) in [6.07, 6.45) is 3.21. The number of piperazine rings is 1. The van der Waals surface area contributed by atoms with Gasteiger partial charge in [-0.05, 0) is 67.8 Å². The highest BCUT2D eigenvalue weighted by Crippen LogP contribution is 2.24. The fourth-order valence-corrected chi connectivity index (χ4v) is 5.56. The first kappa shape index (κ1) is 22.4. The Morgan fingerprint density at radius 3 is 2.06 bits per heavy atom. The maximum absolute atomic E-state index is 13.1. The van der Waals surface area contributed by atoms with E-state index in [0.717, 1.165) is 43.8 Å². The lowest BCUT2D eigenvalue weighted by Crippen LogP contribution is -2.48. The van der Waals surface area contributed by atoms with Crippen LogP contribution in [0.1, 0.15) is 19.3 Å². The van der Waals surface area contributed by atoms with Crippen molar-refractivity contribution in [3.63, 3.8) is 0 Å². The summed E-state index contributed by atoms with van der Waals surface area (Å²) in [7, 11) is -1.95. The number of rotatable bonds is 5. The first-order valence-corrected chi connectivity index (χ1v) is 12.5. The zero-order chi connectivity index (χ0) is 22.6. The highest BCUT2D eigenvalue weighted by molar-refractivity contribution is 7.89. The van der Waals surface area contributed by atoms with Crippen molar-refractivity contribution in [3.8, 4) is 5.75 Å². The molecule has 2 amide bonds. The topological polar surface area (TPSA) is 82.2 Å². The SMILES string of the molecule is COc1ccc(N2CCN(S(=O)(=O)c3ccc(NC(=O)N4CCCCC4)cc3)CC2)cc1. The first-order valence-electron chi connectivity index (χ1n) is 11.0. The van der Waals surface area contributed by atoms with Crippen LogP contribution in [0.2, 0.25) is 0 Å². The highest BCUT2D eigenvalue weighted by atomic mass is 32.2. The number of nitrogens with one attached hydrogen (secondary N) is 1.